The minimum absolute atomic E-state index is 0.122. The molecule has 0 fully saturated rings. The molecule has 1 N–H and O–H groups in total. The standard InChI is InChI=1S/C23H32O/c1-6-11-18(7-2)23(24,20-12-9-8-10-13-20)21-16-14-19(15-17-21)22(3,4)5/h8-10,12-18,24H,6-7,11H2,1-5H3. The van der Waals surface area contributed by atoms with Crippen LogP contribution in [-0.2, 0) is 11.0 Å². The SMILES string of the molecule is CCCC(CC)C(O)(c1ccccc1)c1ccc(C(C)(C)C)cc1. The number of rotatable bonds is 6. The maximum atomic E-state index is 11.8. The zero-order chi connectivity index (χ0) is 17.8. The third kappa shape index (κ3) is 3.72. The van der Waals surface area contributed by atoms with Gasteiger partial charge in [0.1, 0.15) is 5.60 Å². The summed E-state index contributed by atoms with van der Waals surface area (Å²) in [6.45, 7) is 11.0. The van der Waals surface area contributed by atoms with E-state index in [0.717, 1.165) is 30.4 Å². The summed E-state index contributed by atoms with van der Waals surface area (Å²) in [5.74, 6) is 0.213. The van der Waals surface area contributed by atoms with Gasteiger partial charge >= 0.3 is 0 Å². The molecule has 0 spiro atoms. The molecule has 0 aliphatic rings. The van der Waals surface area contributed by atoms with Gasteiger partial charge in [0.25, 0.3) is 0 Å². The van der Waals surface area contributed by atoms with Crippen LogP contribution in [0.5, 0.6) is 0 Å². The topological polar surface area (TPSA) is 20.2 Å². The van der Waals surface area contributed by atoms with Crippen molar-refractivity contribution < 1.29 is 5.11 Å². The van der Waals surface area contributed by atoms with E-state index in [9.17, 15) is 5.11 Å². The minimum atomic E-state index is -0.928. The van der Waals surface area contributed by atoms with Gasteiger partial charge in [-0.05, 0) is 40.9 Å². The summed E-state index contributed by atoms with van der Waals surface area (Å²) >= 11 is 0. The van der Waals surface area contributed by atoms with Crippen molar-refractivity contribution in [3.63, 3.8) is 0 Å². The fourth-order valence-electron chi connectivity index (χ4n) is 3.61. The van der Waals surface area contributed by atoms with E-state index < -0.39 is 5.60 Å². The third-order valence-electron chi connectivity index (χ3n) is 5.13. The predicted octanol–water partition coefficient (Wildman–Crippen LogP) is 6.05. The Morgan fingerprint density at radius 2 is 1.29 bits per heavy atom. The van der Waals surface area contributed by atoms with E-state index in [-0.39, 0.29) is 11.3 Å². The van der Waals surface area contributed by atoms with Crippen molar-refractivity contribution in [1.29, 1.82) is 0 Å². The molecule has 0 aliphatic heterocycles. The van der Waals surface area contributed by atoms with Crippen LogP contribution in [0.1, 0.15) is 70.6 Å². The van der Waals surface area contributed by atoms with Crippen molar-refractivity contribution in [2.45, 2.75) is 64.9 Å². The van der Waals surface area contributed by atoms with E-state index in [4.69, 9.17) is 0 Å². The Labute approximate surface area is 147 Å². The van der Waals surface area contributed by atoms with Crippen LogP contribution in [0.3, 0.4) is 0 Å². The molecule has 0 heterocycles. The minimum Gasteiger partial charge on any atom is -0.380 e. The highest BCUT2D eigenvalue weighted by molar-refractivity contribution is 5.39. The van der Waals surface area contributed by atoms with Gasteiger partial charge in [0.2, 0.25) is 0 Å². The molecule has 0 radical (unpaired) electrons. The first kappa shape index (κ1) is 18.7. The maximum absolute atomic E-state index is 11.8. The molecule has 130 valence electrons. The molecular formula is C23H32O. The van der Waals surface area contributed by atoms with Crippen LogP contribution in [0.2, 0.25) is 0 Å². The maximum Gasteiger partial charge on any atom is 0.117 e. The van der Waals surface area contributed by atoms with Crippen molar-refractivity contribution in [2.24, 2.45) is 5.92 Å². The smallest absolute Gasteiger partial charge is 0.117 e. The van der Waals surface area contributed by atoms with Gasteiger partial charge in [-0.25, -0.2) is 0 Å². The molecule has 0 bridgehead atoms. The van der Waals surface area contributed by atoms with Crippen molar-refractivity contribution in [1.82, 2.24) is 0 Å². The molecule has 0 saturated carbocycles. The van der Waals surface area contributed by atoms with Crippen molar-refractivity contribution >= 4 is 0 Å². The zero-order valence-corrected chi connectivity index (χ0v) is 15.8. The second-order valence-electron chi connectivity index (χ2n) is 7.85. The average molecular weight is 325 g/mol. The number of hydrogen-bond acceptors (Lipinski definition) is 1. The molecule has 2 unspecified atom stereocenters. The van der Waals surface area contributed by atoms with E-state index in [1.165, 1.54) is 5.56 Å². The largest absolute Gasteiger partial charge is 0.380 e. The summed E-state index contributed by atoms with van der Waals surface area (Å²) in [5, 5.41) is 11.8. The fraction of sp³-hybridized carbons (Fsp3) is 0.478. The molecule has 0 saturated heterocycles. The highest BCUT2D eigenvalue weighted by atomic mass is 16.3. The van der Waals surface area contributed by atoms with Gasteiger partial charge in [0.15, 0.2) is 0 Å². The molecule has 0 aromatic heterocycles. The molecule has 1 heteroatoms. The fourth-order valence-corrected chi connectivity index (χ4v) is 3.61. The van der Waals surface area contributed by atoms with Gasteiger partial charge < -0.3 is 5.11 Å². The molecule has 1 nitrogen and oxygen atoms in total. The lowest BCUT2D eigenvalue weighted by Crippen LogP contribution is -2.36. The van der Waals surface area contributed by atoms with E-state index in [1.807, 2.05) is 18.2 Å². The summed E-state index contributed by atoms with van der Waals surface area (Å²) in [5.41, 5.74) is 2.49. The van der Waals surface area contributed by atoms with E-state index in [1.54, 1.807) is 0 Å². The molecule has 2 aromatic carbocycles. The zero-order valence-electron chi connectivity index (χ0n) is 15.8. The first-order valence-corrected chi connectivity index (χ1v) is 9.23. The Balaban J connectivity index is 2.54. The Hall–Kier alpha value is -1.60. The van der Waals surface area contributed by atoms with Gasteiger partial charge in [-0.15, -0.1) is 0 Å². The number of benzene rings is 2. The van der Waals surface area contributed by atoms with Crippen LogP contribution in [0.15, 0.2) is 54.6 Å². The Morgan fingerprint density at radius 1 is 0.792 bits per heavy atom. The lowest BCUT2D eigenvalue weighted by molar-refractivity contribution is 0.00979. The van der Waals surface area contributed by atoms with E-state index in [0.29, 0.717) is 0 Å². The van der Waals surface area contributed by atoms with Crippen LogP contribution in [0.4, 0.5) is 0 Å². The molecule has 2 atom stereocenters. The van der Waals surface area contributed by atoms with Crippen LogP contribution in [0.25, 0.3) is 0 Å². The Morgan fingerprint density at radius 3 is 1.75 bits per heavy atom. The third-order valence-corrected chi connectivity index (χ3v) is 5.13. The van der Waals surface area contributed by atoms with Crippen molar-refractivity contribution in [3.8, 4) is 0 Å². The first-order chi connectivity index (χ1) is 11.3. The Kier molecular flexibility index (Phi) is 5.87. The monoisotopic (exact) mass is 324 g/mol. The molecule has 0 aliphatic carbocycles. The molecule has 2 aromatic rings. The second-order valence-corrected chi connectivity index (χ2v) is 7.85. The lowest BCUT2D eigenvalue weighted by atomic mass is 9.72. The van der Waals surface area contributed by atoms with Gasteiger partial charge in [-0.1, -0.05) is 95.6 Å². The lowest BCUT2D eigenvalue weighted by Gasteiger charge is -2.37. The van der Waals surface area contributed by atoms with Gasteiger partial charge in [-0.3, -0.25) is 0 Å². The Bertz CT molecular complexity index is 621. The molecule has 2 rings (SSSR count). The molecular weight excluding hydrogens is 292 g/mol. The normalized spacial score (nSPS) is 15.8. The van der Waals surface area contributed by atoms with Crippen molar-refractivity contribution in [3.05, 3.63) is 71.3 Å². The second kappa shape index (κ2) is 7.53. The average Bonchev–Trinajstić information content (AvgIpc) is 2.59. The summed E-state index contributed by atoms with van der Waals surface area (Å²) in [6, 6.07) is 18.7. The molecule has 24 heavy (non-hydrogen) atoms. The van der Waals surface area contributed by atoms with Gasteiger partial charge in [-0.2, -0.15) is 0 Å². The van der Waals surface area contributed by atoms with Gasteiger partial charge in [0, 0.05) is 0 Å². The quantitative estimate of drug-likeness (QED) is 0.686. The van der Waals surface area contributed by atoms with Crippen LogP contribution >= 0.6 is 0 Å². The summed E-state index contributed by atoms with van der Waals surface area (Å²) in [7, 11) is 0. The summed E-state index contributed by atoms with van der Waals surface area (Å²) in [4.78, 5) is 0. The number of aliphatic hydroxyl groups is 1. The van der Waals surface area contributed by atoms with Gasteiger partial charge in [0.05, 0.1) is 0 Å². The predicted molar refractivity (Wildman–Crippen MR) is 103 cm³/mol. The number of hydrogen-bond donors (Lipinski definition) is 1. The highest BCUT2D eigenvalue weighted by Gasteiger charge is 2.38. The van der Waals surface area contributed by atoms with E-state index >= 15 is 0 Å². The van der Waals surface area contributed by atoms with Crippen LogP contribution in [-0.4, -0.2) is 5.11 Å². The van der Waals surface area contributed by atoms with E-state index in [2.05, 4.69) is 71.0 Å². The van der Waals surface area contributed by atoms with Crippen LogP contribution in [0, 0.1) is 5.92 Å². The first-order valence-electron chi connectivity index (χ1n) is 9.23. The summed E-state index contributed by atoms with van der Waals surface area (Å²) < 4.78 is 0. The molecule has 0 amide bonds. The highest BCUT2D eigenvalue weighted by Crippen LogP contribution is 2.41. The summed E-state index contributed by atoms with van der Waals surface area (Å²) in [6.07, 6.45) is 3.05. The van der Waals surface area contributed by atoms with Crippen molar-refractivity contribution in [2.75, 3.05) is 0 Å². The van der Waals surface area contributed by atoms with Crippen LogP contribution < -0.4 is 0 Å².